The number of hydrogen-bond acceptors (Lipinski definition) is 6. The lowest BCUT2D eigenvalue weighted by molar-refractivity contribution is 0.00111. The third-order valence-electron chi connectivity index (χ3n) is 7.27. The van der Waals surface area contributed by atoms with Gasteiger partial charge in [-0.15, -0.1) is 0 Å². The Hall–Kier alpha value is -1.51. The maximum Gasteiger partial charge on any atom is 0.228 e. The Morgan fingerprint density at radius 3 is 2.37 bits per heavy atom. The number of anilines is 2. The topological polar surface area (TPSA) is 44.7 Å². The smallest absolute Gasteiger partial charge is 0.228 e. The fourth-order valence-electron chi connectivity index (χ4n) is 5.37. The lowest BCUT2D eigenvalue weighted by Gasteiger charge is -2.52. The van der Waals surface area contributed by atoms with Gasteiger partial charge in [0, 0.05) is 51.8 Å². The van der Waals surface area contributed by atoms with Crippen molar-refractivity contribution in [2.45, 2.75) is 31.8 Å². The van der Waals surface area contributed by atoms with E-state index in [2.05, 4.69) is 44.6 Å². The molecule has 3 fully saturated rings. The molecule has 0 radical (unpaired) electrons. The lowest BCUT2D eigenvalue weighted by Crippen LogP contribution is -2.58. The molecule has 0 aliphatic carbocycles. The largest absolute Gasteiger partial charge is 0.377 e. The Bertz CT molecular complexity index is 972. The van der Waals surface area contributed by atoms with Crippen molar-refractivity contribution in [2.24, 2.45) is 5.41 Å². The number of ether oxygens (including phenoxy) is 1. The highest BCUT2D eigenvalue weighted by Gasteiger charge is 2.43. The van der Waals surface area contributed by atoms with Gasteiger partial charge in [0.05, 0.1) is 10.1 Å². The molecule has 8 heteroatoms. The molecule has 5 rings (SSSR count). The molecule has 1 aromatic heterocycles. The summed E-state index contributed by atoms with van der Waals surface area (Å²) in [6, 6.07) is 3.66. The van der Waals surface area contributed by atoms with Crippen LogP contribution in [0.25, 0.3) is 10.9 Å². The first-order valence-corrected chi connectivity index (χ1v) is 11.5. The highest BCUT2D eigenvalue weighted by atomic mass is 79.9. The number of rotatable bonds is 3. The van der Waals surface area contributed by atoms with Gasteiger partial charge in [-0.3, -0.25) is 0 Å². The Balaban J connectivity index is 1.51. The standard InChI is InChI=1S/C22H29BrFN5O/c1-21(30-3)6-9-29(12-21)19-15-4-5-16(23)17(24)18(15)25-20(26-19)28-10-7-22(8-11-28)13-27(2)14-22/h4-5H,6-14H2,1-3H3. The molecule has 3 saturated heterocycles. The maximum absolute atomic E-state index is 15.1. The number of hydrogen-bond donors (Lipinski definition) is 0. The van der Waals surface area contributed by atoms with Crippen molar-refractivity contribution >= 4 is 38.6 Å². The van der Waals surface area contributed by atoms with Gasteiger partial charge in [-0.2, -0.15) is 4.98 Å². The van der Waals surface area contributed by atoms with Gasteiger partial charge in [0.2, 0.25) is 5.95 Å². The van der Waals surface area contributed by atoms with Crippen LogP contribution in [0.2, 0.25) is 0 Å². The van der Waals surface area contributed by atoms with E-state index in [1.54, 1.807) is 13.2 Å². The van der Waals surface area contributed by atoms with Crippen molar-refractivity contribution in [1.82, 2.24) is 14.9 Å². The Kier molecular flexibility index (Phi) is 4.95. The average molecular weight is 478 g/mol. The molecule has 1 aromatic carbocycles. The number of benzene rings is 1. The Labute approximate surface area is 185 Å². The third-order valence-corrected chi connectivity index (χ3v) is 7.89. The molecule has 4 heterocycles. The van der Waals surface area contributed by atoms with E-state index >= 15 is 4.39 Å². The van der Waals surface area contributed by atoms with Crippen LogP contribution in [0, 0.1) is 11.2 Å². The van der Waals surface area contributed by atoms with E-state index < -0.39 is 0 Å². The second-order valence-corrected chi connectivity index (χ2v) is 10.4. The number of piperidine rings is 1. The second-order valence-electron chi connectivity index (χ2n) is 9.59. The molecule has 1 atom stereocenters. The summed E-state index contributed by atoms with van der Waals surface area (Å²) in [5, 5.41) is 0.758. The zero-order chi connectivity index (χ0) is 21.1. The summed E-state index contributed by atoms with van der Waals surface area (Å²) < 4.78 is 21.2. The van der Waals surface area contributed by atoms with Gasteiger partial charge in [0.15, 0.2) is 5.82 Å². The quantitative estimate of drug-likeness (QED) is 0.671. The molecular weight excluding hydrogens is 449 g/mol. The number of methoxy groups -OCH3 is 1. The Morgan fingerprint density at radius 1 is 1.03 bits per heavy atom. The van der Waals surface area contributed by atoms with Gasteiger partial charge in [-0.1, -0.05) is 0 Å². The predicted molar refractivity (Wildman–Crippen MR) is 121 cm³/mol. The third kappa shape index (κ3) is 3.37. The summed E-state index contributed by atoms with van der Waals surface area (Å²) in [4.78, 5) is 16.5. The SMILES string of the molecule is COC1(C)CCN(c2nc(N3CCC4(CC3)CN(C)C4)nc3c(F)c(Br)ccc23)C1. The summed E-state index contributed by atoms with van der Waals surface area (Å²) in [7, 11) is 3.94. The minimum Gasteiger partial charge on any atom is -0.377 e. The van der Waals surface area contributed by atoms with Crippen molar-refractivity contribution in [2.75, 3.05) is 63.2 Å². The molecule has 3 aliphatic rings. The fraction of sp³-hybridized carbons (Fsp3) is 0.636. The van der Waals surface area contributed by atoms with E-state index in [0.717, 1.165) is 56.6 Å². The molecule has 0 saturated carbocycles. The fourth-order valence-corrected chi connectivity index (χ4v) is 5.69. The van der Waals surface area contributed by atoms with Crippen LogP contribution in [0.4, 0.5) is 16.2 Å². The van der Waals surface area contributed by atoms with Crippen LogP contribution in [0.5, 0.6) is 0 Å². The molecule has 1 unspecified atom stereocenters. The van der Waals surface area contributed by atoms with Gasteiger partial charge < -0.3 is 19.4 Å². The van der Waals surface area contributed by atoms with E-state index in [4.69, 9.17) is 14.7 Å². The van der Waals surface area contributed by atoms with Gasteiger partial charge >= 0.3 is 0 Å². The number of halogens is 2. The van der Waals surface area contributed by atoms with Crippen LogP contribution in [-0.2, 0) is 4.74 Å². The number of nitrogens with zero attached hydrogens (tertiary/aromatic N) is 5. The number of fused-ring (bicyclic) bond motifs is 1. The second kappa shape index (κ2) is 7.28. The van der Waals surface area contributed by atoms with E-state index in [0.29, 0.717) is 21.4 Å². The molecule has 3 aliphatic heterocycles. The molecule has 162 valence electrons. The summed E-state index contributed by atoms with van der Waals surface area (Å²) in [5.41, 5.74) is 0.632. The van der Waals surface area contributed by atoms with Crippen LogP contribution in [-0.4, -0.2) is 73.9 Å². The minimum absolute atomic E-state index is 0.209. The minimum atomic E-state index is -0.319. The average Bonchev–Trinajstić information content (AvgIpc) is 3.12. The molecule has 0 N–H and O–H groups in total. The van der Waals surface area contributed by atoms with Gasteiger partial charge in [-0.25, -0.2) is 9.37 Å². The Morgan fingerprint density at radius 2 is 1.73 bits per heavy atom. The van der Waals surface area contributed by atoms with E-state index in [1.807, 2.05) is 6.07 Å². The van der Waals surface area contributed by atoms with Crippen LogP contribution in [0.3, 0.4) is 0 Å². The van der Waals surface area contributed by atoms with E-state index in [1.165, 1.54) is 13.1 Å². The van der Waals surface area contributed by atoms with Crippen LogP contribution >= 0.6 is 15.9 Å². The molecule has 30 heavy (non-hydrogen) atoms. The molecule has 6 nitrogen and oxygen atoms in total. The van der Waals surface area contributed by atoms with E-state index in [-0.39, 0.29) is 11.4 Å². The monoisotopic (exact) mass is 477 g/mol. The zero-order valence-corrected chi connectivity index (χ0v) is 19.5. The normalized spacial score (nSPS) is 26.6. The number of likely N-dealkylation sites (tertiary alicyclic amines) is 1. The first-order valence-electron chi connectivity index (χ1n) is 10.7. The first-order chi connectivity index (χ1) is 14.3. The van der Waals surface area contributed by atoms with Crippen molar-refractivity contribution in [1.29, 1.82) is 0 Å². The van der Waals surface area contributed by atoms with Crippen LogP contribution in [0.1, 0.15) is 26.2 Å². The van der Waals surface area contributed by atoms with Gasteiger partial charge in [0.25, 0.3) is 0 Å². The van der Waals surface area contributed by atoms with Gasteiger partial charge in [-0.05, 0) is 66.7 Å². The van der Waals surface area contributed by atoms with Gasteiger partial charge in [0.1, 0.15) is 11.3 Å². The molecule has 2 aromatic rings. The van der Waals surface area contributed by atoms with Crippen molar-refractivity contribution in [3.63, 3.8) is 0 Å². The highest BCUT2D eigenvalue weighted by molar-refractivity contribution is 9.10. The summed E-state index contributed by atoms with van der Waals surface area (Å²) in [5.74, 6) is 1.13. The summed E-state index contributed by atoms with van der Waals surface area (Å²) in [6.45, 7) is 7.89. The van der Waals surface area contributed by atoms with Crippen molar-refractivity contribution in [3.8, 4) is 0 Å². The predicted octanol–water partition coefficient (Wildman–Crippen LogP) is 3.68. The van der Waals surface area contributed by atoms with Crippen LogP contribution < -0.4 is 9.80 Å². The first kappa shape index (κ1) is 20.4. The number of aromatic nitrogens is 2. The lowest BCUT2D eigenvalue weighted by atomic mass is 9.72. The van der Waals surface area contributed by atoms with Crippen LogP contribution in [0.15, 0.2) is 16.6 Å². The maximum atomic E-state index is 15.1. The molecular formula is C22H29BrFN5O. The van der Waals surface area contributed by atoms with Crippen molar-refractivity contribution < 1.29 is 9.13 Å². The zero-order valence-electron chi connectivity index (χ0n) is 17.9. The van der Waals surface area contributed by atoms with Crippen molar-refractivity contribution in [3.05, 3.63) is 22.4 Å². The molecule has 0 amide bonds. The molecule has 0 bridgehead atoms. The van der Waals surface area contributed by atoms with E-state index in [9.17, 15) is 0 Å². The summed E-state index contributed by atoms with van der Waals surface area (Å²) >= 11 is 3.32. The molecule has 1 spiro atoms. The summed E-state index contributed by atoms with van der Waals surface area (Å²) in [6.07, 6.45) is 3.20. The highest BCUT2D eigenvalue weighted by Crippen LogP contribution is 2.41.